The minimum atomic E-state index is -0.581. The average molecular weight is 425 g/mol. The van der Waals surface area contributed by atoms with E-state index >= 15 is 0 Å². The van der Waals surface area contributed by atoms with E-state index in [1.54, 1.807) is 30.3 Å². The first kappa shape index (κ1) is 18.9. The third-order valence-electron chi connectivity index (χ3n) is 3.87. The Hall–Kier alpha value is -2.92. The van der Waals surface area contributed by atoms with Gasteiger partial charge in [-0.15, -0.1) is 0 Å². The lowest BCUT2D eigenvalue weighted by molar-refractivity contribution is -0.136. The first-order chi connectivity index (χ1) is 13.0. The number of benzene rings is 3. The number of ether oxygens (including phenoxy) is 2. The summed E-state index contributed by atoms with van der Waals surface area (Å²) in [5.74, 6) is 0.0184. The van der Waals surface area contributed by atoms with E-state index in [0.29, 0.717) is 11.3 Å². The Balaban J connectivity index is 1.65. The van der Waals surface area contributed by atoms with Crippen LogP contribution in [0.25, 0.3) is 11.1 Å². The normalized spacial score (nSPS) is 10.3. The Morgan fingerprint density at radius 2 is 1.56 bits per heavy atom. The number of Topliss-reactive ketones (excluding diaryl/α,β-unsaturated/α-hetero) is 1. The zero-order chi connectivity index (χ0) is 19.2. The van der Waals surface area contributed by atoms with Gasteiger partial charge < -0.3 is 9.47 Å². The maximum Gasteiger partial charge on any atom is 0.349 e. The Bertz CT molecular complexity index is 967. The van der Waals surface area contributed by atoms with E-state index in [1.165, 1.54) is 6.92 Å². The van der Waals surface area contributed by atoms with E-state index in [2.05, 4.69) is 15.9 Å². The molecule has 0 bridgehead atoms. The Labute approximate surface area is 165 Å². The third kappa shape index (κ3) is 4.83. The molecule has 0 aliphatic heterocycles. The summed E-state index contributed by atoms with van der Waals surface area (Å²) in [7, 11) is 0. The number of ketones is 1. The van der Waals surface area contributed by atoms with Crippen molar-refractivity contribution in [3.63, 3.8) is 0 Å². The first-order valence-electron chi connectivity index (χ1n) is 8.33. The molecule has 27 heavy (non-hydrogen) atoms. The van der Waals surface area contributed by atoms with E-state index in [0.717, 1.165) is 15.6 Å². The smallest absolute Gasteiger partial charge is 0.349 e. The fraction of sp³-hybridized carbons (Fsp3) is 0.0909. The van der Waals surface area contributed by atoms with Gasteiger partial charge in [0.25, 0.3) is 0 Å². The quantitative estimate of drug-likeness (QED) is 0.306. The van der Waals surface area contributed by atoms with E-state index in [-0.39, 0.29) is 18.1 Å². The second-order valence-electron chi connectivity index (χ2n) is 5.83. The van der Waals surface area contributed by atoms with Gasteiger partial charge in [0.2, 0.25) is 0 Å². The van der Waals surface area contributed by atoms with Crippen LogP contribution in [0.4, 0.5) is 0 Å². The van der Waals surface area contributed by atoms with Gasteiger partial charge in [-0.25, -0.2) is 4.79 Å². The van der Waals surface area contributed by atoms with Crippen LogP contribution in [0, 0.1) is 0 Å². The number of hydrogen-bond donors (Lipinski definition) is 0. The van der Waals surface area contributed by atoms with E-state index in [1.807, 2.05) is 42.5 Å². The fourth-order valence-corrected chi connectivity index (χ4v) is 3.06. The van der Waals surface area contributed by atoms with Crippen LogP contribution in [0.2, 0.25) is 0 Å². The number of para-hydroxylation sites is 1. The highest BCUT2D eigenvalue weighted by Gasteiger charge is 2.13. The van der Waals surface area contributed by atoms with Crippen molar-refractivity contribution in [2.75, 3.05) is 6.61 Å². The van der Waals surface area contributed by atoms with Crippen LogP contribution in [0.3, 0.4) is 0 Å². The Morgan fingerprint density at radius 1 is 0.852 bits per heavy atom. The molecule has 0 radical (unpaired) electrons. The number of carbonyl (C=O) groups excluding carboxylic acids is 2. The van der Waals surface area contributed by atoms with Gasteiger partial charge in [-0.1, -0.05) is 48.5 Å². The molecule has 0 aliphatic rings. The van der Waals surface area contributed by atoms with Crippen molar-refractivity contribution in [2.45, 2.75) is 6.92 Å². The standard InChI is InChI=1S/C22H17BrO4/c1-15(24)18-9-5-6-10-20(18)27-22(25)14-26-21-12-11-17(13-19(21)23)16-7-3-2-4-8-16/h2-13H,14H2,1H3. The summed E-state index contributed by atoms with van der Waals surface area (Å²) >= 11 is 3.47. The predicted molar refractivity (Wildman–Crippen MR) is 107 cm³/mol. The van der Waals surface area contributed by atoms with Crippen LogP contribution in [0.5, 0.6) is 11.5 Å². The van der Waals surface area contributed by atoms with E-state index < -0.39 is 5.97 Å². The van der Waals surface area contributed by atoms with Crippen molar-refractivity contribution in [1.82, 2.24) is 0 Å². The molecule has 0 spiro atoms. The summed E-state index contributed by atoms with van der Waals surface area (Å²) in [5.41, 5.74) is 2.48. The molecule has 0 saturated carbocycles. The van der Waals surface area contributed by atoms with Crippen molar-refractivity contribution < 1.29 is 19.1 Å². The summed E-state index contributed by atoms with van der Waals surface area (Å²) in [6.07, 6.45) is 0. The molecular formula is C22H17BrO4. The summed E-state index contributed by atoms with van der Waals surface area (Å²) < 4.78 is 11.6. The van der Waals surface area contributed by atoms with Crippen LogP contribution < -0.4 is 9.47 Å². The molecule has 3 aromatic rings. The SMILES string of the molecule is CC(=O)c1ccccc1OC(=O)COc1ccc(-c2ccccc2)cc1Br. The molecule has 4 nitrogen and oxygen atoms in total. The molecule has 0 amide bonds. The maximum atomic E-state index is 12.1. The lowest BCUT2D eigenvalue weighted by atomic mass is 10.1. The van der Waals surface area contributed by atoms with Crippen molar-refractivity contribution in [2.24, 2.45) is 0 Å². The lowest BCUT2D eigenvalue weighted by Crippen LogP contribution is -2.19. The Morgan fingerprint density at radius 3 is 2.26 bits per heavy atom. The van der Waals surface area contributed by atoms with Crippen molar-refractivity contribution in [3.05, 3.63) is 82.8 Å². The van der Waals surface area contributed by atoms with Crippen molar-refractivity contribution in [3.8, 4) is 22.6 Å². The molecule has 0 N–H and O–H groups in total. The highest BCUT2D eigenvalue weighted by atomic mass is 79.9. The number of carbonyl (C=O) groups is 2. The Kier molecular flexibility index (Phi) is 6.04. The predicted octanol–water partition coefficient (Wildman–Crippen LogP) is 5.30. The second kappa shape index (κ2) is 8.64. The molecule has 0 aromatic heterocycles. The van der Waals surface area contributed by atoms with E-state index in [4.69, 9.17) is 9.47 Å². The summed E-state index contributed by atoms with van der Waals surface area (Å²) in [6.45, 7) is 1.16. The van der Waals surface area contributed by atoms with Crippen LogP contribution in [-0.4, -0.2) is 18.4 Å². The van der Waals surface area contributed by atoms with Crippen molar-refractivity contribution in [1.29, 1.82) is 0 Å². The summed E-state index contributed by atoms with van der Waals surface area (Å²) in [4.78, 5) is 23.7. The molecule has 0 unspecified atom stereocenters. The average Bonchev–Trinajstić information content (AvgIpc) is 2.68. The molecule has 0 heterocycles. The maximum absolute atomic E-state index is 12.1. The molecule has 136 valence electrons. The minimum Gasteiger partial charge on any atom is -0.481 e. The van der Waals surface area contributed by atoms with Gasteiger partial charge in [0.15, 0.2) is 12.4 Å². The van der Waals surface area contributed by atoms with Crippen LogP contribution in [-0.2, 0) is 4.79 Å². The monoisotopic (exact) mass is 424 g/mol. The minimum absolute atomic E-state index is 0.168. The van der Waals surface area contributed by atoms with Crippen LogP contribution in [0.1, 0.15) is 17.3 Å². The van der Waals surface area contributed by atoms with Gasteiger partial charge >= 0.3 is 5.97 Å². The van der Waals surface area contributed by atoms with Crippen molar-refractivity contribution >= 4 is 27.7 Å². The fourth-order valence-electron chi connectivity index (χ4n) is 2.56. The summed E-state index contributed by atoms with van der Waals surface area (Å²) in [6, 6.07) is 22.2. The zero-order valence-corrected chi connectivity index (χ0v) is 16.2. The molecule has 3 rings (SSSR count). The highest BCUT2D eigenvalue weighted by molar-refractivity contribution is 9.10. The molecule has 0 aliphatic carbocycles. The largest absolute Gasteiger partial charge is 0.481 e. The molecule has 5 heteroatoms. The van der Waals surface area contributed by atoms with Crippen LogP contribution >= 0.6 is 15.9 Å². The first-order valence-corrected chi connectivity index (χ1v) is 9.12. The molecular weight excluding hydrogens is 408 g/mol. The molecule has 0 fully saturated rings. The zero-order valence-electron chi connectivity index (χ0n) is 14.6. The summed E-state index contributed by atoms with van der Waals surface area (Å²) in [5, 5.41) is 0. The van der Waals surface area contributed by atoms with E-state index in [9.17, 15) is 9.59 Å². The van der Waals surface area contributed by atoms with Gasteiger partial charge in [-0.05, 0) is 58.2 Å². The third-order valence-corrected chi connectivity index (χ3v) is 4.49. The lowest BCUT2D eigenvalue weighted by Gasteiger charge is -2.11. The molecule has 0 saturated heterocycles. The molecule has 3 aromatic carbocycles. The van der Waals surface area contributed by atoms with Gasteiger partial charge in [-0.3, -0.25) is 4.79 Å². The number of hydrogen-bond acceptors (Lipinski definition) is 4. The molecule has 0 atom stereocenters. The number of rotatable bonds is 6. The second-order valence-corrected chi connectivity index (χ2v) is 6.68. The van der Waals surface area contributed by atoms with Gasteiger partial charge in [0.05, 0.1) is 10.0 Å². The number of halogens is 1. The van der Waals surface area contributed by atoms with Gasteiger partial charge in [-0.2, -0.15) is 0 Å². The topological polar surface area (TPSA) is 52.6 Å². The van der Waals surface area contributed by atoms with Gasteiger partial charge in [0.1, 0.15) is 11.5 Å². The van der Waals surface area contributed by atoms with Crippen LogP contribution in [0.15, 0.2) is 77.3 Å². The highest BCUT2D eigenvalue weighted by Crippen LogP contribution is 2.30. The van der Waals surface area contributed by atoms with Gasteiger partial charge in [0, 0.05) is 0 Å². The number of esters is 1.